The smallest absolute Gasteiger partial charge is 0.415 e. The Bertz CT molecular complexity index is 3770. The largest absolute Gasteiger partial charge is 0.504 e. The molecule has 6 fully saturated rings. The molecule has 28 heteroatoms. The molecule has 0 saturated carbocycles. The molecule has 572 valence electrons. The number of ether oxygens (including phenoxy) is 17. The number of carbonyl (C=O) groups excluding carboxylic acids is 6. The van der Waals surface area contributed by atoms with Gasteiger partial charge in [0.15, 0.2) is 69.0 Å². The van der Waals surface area contributed by atoms with E-state index in [-0.39, 0.29) is 64.5 Å². The molecule has 0 unspecified atom stereocenters. The minimum atomic E-state index is -0.436. The molecule has 0 radical (unpaired) electrons. The third-order valence-electron chi connectivity index (χ3n) is 19.0. The number of hydrogen-bond donors (Lipinski definition) is 1. The summed E-state index contributed by atoms with van der Waals surface area (Å²) in [6, 6.07) is 33.2. The van der Waals surface area contributed by atoms with Crippen molar-refractivity contribution in [2.45, 2.75) is 38.5 Å². The van der Waals surface area contributed by atoms with Crippen molar-refractivity contribution in [1.29, 1.82) is 0 Å². The van der Waals surface area contributed by atoms with Gasteiger partial charge in [-0.15, -0.1) is 0 Å². The number of nitrogens with zero attached hydrogens (tertiary/aromatic N) is 3. The monoisotopic (exact) mass is 1490 g/mol. The van der Waals surface area contributed by atoms with Crippen LogP contribution in [-0.4, -0.2) is 218 Å². The van der Waals surface area contributed by atoms with Gasteiger partial charge in [0.2, 0.25) is 0 Å². The third kappa shape index (κ3) is 21.8. The number of cyclic esters (lactones) is 3. The first-order valence-electron chi connectivity index (χ1n) is 34.8. The normalized spacial score (nSPS) is 19.5. The zero-order valence-corrected chi connectivity index (χ0v) is 62.0. The van der Waals surface area contributed by atoms with E-state index in [1.54, 1.807) is 99.8 Å². The lowest BCUT2D eigenvalue weighted by molar-refractivity contribution is -0.142. The Hall–Kier alpha value is -10.1. The second kappa shape index (κ2) is 39.9. The van der Waals surface area contributed by atoms with E-state index < -0.39 is 12.2 Å². The number of benzene rings is 6. The molecule has 0 aliphatic carbocycles. The maximum Gasteiger partial charge on any atom is 0.415 e. The highest BCUT2D eigenvalue weighted by molar-refractivity contribution is 6.62. The number of esters is 3. The van der Waals surface area contributed by atoms with Gasteiger partial charge in [0.05, 0.1) is 141 Å². The fourth-order valence-electron chi connectivity index (χ4n) is 13.1. The quantitative estimate of drug-likeness (QED) is 0.0270. The van der Waals surface area contributed by atoms with Gasteiger partial charge in [-0.2, -0.15) is 0 Å². The highest BCUT2D eigenvalue weighted by atomic mass is 35.5. The van der Waals surface area contributed by atoms with Gasteiger partial charge in [-0.3, -0.25) is 19.2 Å². The van der Waals surface area contributed by atoms with Crippen LogP contribution in [-0.2, 0) is 81.3 Å². The molecule has 27 nitrogen and oxygen atoms in total. The highest BCUT2D eigenvalue weighted by Gasteiger charge is 2.40. The highest BCUT2D eigenvalue weighted by Crippen LogP contribution is 2.40. The molecule has 0 bridgehead atoms. The lowest BCUT2D eigenvalue weighted by Gasteiger charge is -2.26. The van der Waals surface area contributed by atoms with Crippen LogP contribution in [0.1, 0.15) is 33.4 Å². The van der Waals surface area contributed by atoms with E-state index in [9.17, 15) is 33.9 Å². The molecule has 6 aromatic carbocycles. The molecule has 3 amide bonds. The maximum absolute atomic E-state index is 12.6. The van der Waals surface area contributed by atoms with E-state index >= 15 is 0 Å². The van der Waals surface area contributed by atoms with E-state index in [0.717, 1.165) is 33.4 Å². The number of amides is 3. The number of phenolic OH excluding ortho intramolecular Hbond substituents is 1. The van der Waals surface area contributed by atoms with Crippen LogP contribution in [0.15, 0.2) is 109 Å². The number of morpholine rings is 3. The minimum Gasteiger partial charge on any atom is -0.504 e. The molecular weight excluding hydrogens is 1400 g/mol. The lowest BCUT2D eigenvalue weighted by Crippen LogP contribution is -2.42. The first-order valence-corrected chi connectivity index (χ1v) is 35.2. The van der Waals surface area contributed by atoms with Crippen molar-refractivity contribution < 1.29 is 114 Å². The van der Waals surface area contributed by atoms with Crippen molar-refractivity contribution in [1.82, 2.24) is 14.7 Å². The van der Waals surface area contributed by atoms with E-state index in [1.807, 2.05) is 66.7 Å². The van der Waals surface area contributed by atoms with Crippen LogP contribution in [0, 0.1) is 35.5 Å². The van der Waals surface area contributed by atoms with Crippen molar-refractivity contribution in [3.63, 3.8) is 0 Å². The van der Waals surface area contributed by atoms with Gasteiger partial charge in [-0.1, -0.05) is 36.4 Å². The molecule has 12 rings (SSSR count). The Balaban J connectivity index is 0.000000174. The van der Waals surface area contributed by atoms with Crippen LogP contribution < -0.4 is 52.1 Å². The molecule has 6 heterocycles. The lowest BCUT2D eigenvalue weighted by atomic mass is 9.85. The average molecular weight is 1490 g/mol. The number of methoxy groups -OCH3 is 9. The van der Waals surface area contributed by atoms with Gasteiger partial charge >= 0.3 is 35.5 Å². The van der Waals surface area contributed by atoms with Gasteiger partial charge in [-0.05, 0) is 156 Å². The Labute approximate surface area is 621 Å². The van der Waals surface area contributed by atoms with E-state index in [4.69, 9.17) is 92.1 Å². The molecule has 6 aliphatic heterocycles. The zero-order valence-electron chi connectivity index (χ0n) is 61.3. The Morgan fingerprint density at radius 1 is 0.349 bits per heavy atom. The summed E-state index contributed by atoms with van der Waals surface area (Å²) in [5.41, 5.74) is 5.86. The molecule has 0 aromatic heterocycles. The average Bonchev–Trinajstić information content (AvgIpc) is 1.71. The zero-order chi connectivity index (χ0) is 75.7. The summed E-state index contributed by atoms with van der Waals surface area (Å²) in [5, 5.41) is 9.37. The number of halogens is 1. The van der Waals surface area contributed by atoms with Gasteiger partial charge in [0, 0.05) is 57.0 Å². The van der Waals surface area contributed by atoms with Crippen molar-refractivity contribution >= 4 is 47.1 Å². The molecule has 1 N–H and O–H groups in total. The SMILES string of the molecule is COc1cc(C[C@H]2C(=O)OC[C@@H]2Cc2ccc(OC)c(OC)c2)ccc1O.COc1ccc(C[C@H]2COC(=O)[C@@H]2Cc2ccc(OC(=O)N3CCOCC3)c(OC)c2)cc1OC.COc1ccc(C[C@H]2COC(=O)[C@@H]2Cc2ccc(OC(=O)N3CCOCC3)c(OC)c2)cc1OC.O=C(Cl)N1CCOCC1. The summed E-state index contributed by atoms with van der Waals surface area (Å²) >= 11 is 5.19. The van der Waals surface area contributed by atoms with Crippen LogP contribution >= 0.6 is 11.6 Å². The molecule has 0 spiro atoms. The molecule has 6 aliphatic rings. The molecule has 6 atom stereocenters. The van der Waals surface area contributed by atoms with E-state index in [0.29, 0.717) is 201 Å². The fourth-order valence-corrected chi connectivity index (χ4v) is 13.3. The fraction of sp³-hybridized carbons (Fsp3) is 0.462. The Morgan fingerprint density at radius 3 is 0.868 bits per heavy atom. The number of rotatable bonds is 23. The van der Waals surface area contributed by atoms with Crippen LogP contribution in [0.4, 0.5) is 14.4 Å². The Kier molecular flexibility index (Phi) is 30.1. The topological polar surface area (TPSA) is 289 Å². The van der Waals surface area contributed by atoms with Gasteiger partial charge < -0.3 is 100 Å². The summed E-state index contributed by atoms with van der Waals surface area (Å²) in [7, 11) is 14.1. The predicted octanol–water partition coefficient (Wildman–Crippen LogP) is 9.91. The summed E-state index contributed by atoms with van der Waals surface area (Å²) in [5.74, 6) is 4.65. The third-order valence-corrected chi connectivity index (χ3v) is 19.3. The second-order valence-corrected chi connectivity index (χ2v) is 25.9. The van der Waals surface area contributed by atoms with Gasteiger partial charge in [-0.25, -0.2) is 9.59 Å². The van der Waals surface area contributed by atoms with Crippen molar-refractivity contribution in [2.75, 3.05) is 163 Å². The summed E-state index contributed by atoms with van der Waals surface area (Å²) in [4.78, 5) is 77.5. The van der Waals surface area contributed by atoms with Gasteiger partial charge in [0.25, 0.3) is 0 Å². The first kappa shape index (κ1) is 80.0. The first-order chi connectivity index (χ1) is 51.4. The van der Waals surface area contributed by atoms with Crippen LogP contribution in [0.25, 0.3) is 0 Å². The van der Waals surface area contributed by atoms with Crippen LogP contribution in [0.2, 0.25) is 0 Å². The van der Waals surface area contributed by atoms with Crippen molar-refractivity contribution in [3.8, 4) is 69.0 Å². The molecule has 106 heavy (non-hydrogen) atoms. The number of phenols is 1. The summed E-state index contributed by atoms with van der Waals surface area (Å²) < 4.78 is 91.0. The van der Waals surface area contributed by atoms with E-state index in [2.05, 4.69) is 0 Å². The molecule has 6 aromatic rings. The number of aromatic hydroxyl groups is 1. The maximum atomic E-state index is 12.6. The number of hydrogen-bond acceptors (Lipinski definition) is 24. The summed E-state index contributed by atoms with van der Waals surface area (Å²) in [6.07, 6.45) is 2.68. The summed E-state index contributed by atoms with van der Waals surface area (Å²) in [6.45, 7) is 7.54. The van der Waals surface area contributed by atoms with E-state index in [1.165, 1.54) is 21.3 Å². The Morgan fingerprint density at radius 2 is 0.594 bits per heavy atom. The second-order valence-electron chi connectivity index (χ2n) is 25.5. The van der Waals surface area contributed by atoms with Crippen LogP contribution in [0.5, 0.6) is 69.0 Å². The number of carbonyl (C=O) groups is 6. The van der Waals surface area contributed by atoms with Crippen molar-refractivity contribution in [3.05, 3.63) is 143 Å². The van der Waals surface area contributed by atoms with Gasteiger partial charge in [0.1, 0.15) is 0 Å². The standard InChI is InChI=1S/2C26H31NO8.C21H24O6.C5H8ClNO2/c2*1-30-21-6-4-17(14-23(21)31-2)12-19-16-34-25(28)20(19)13-18-5-7-22(24(15-18)32-3)35-26(29)27-8-10-33-11-9-27;1-24-18-7-5-13(11-20(18)26-3)8-15-12-27-21(23)16(15)9-14-4-6-17(22)19(10-14)25-2;6-5(8)7-1-3-9-4-2-7/h2*4-7,14-15,19-20H,8-13,16H2,1-3H3;4-7,10-11,15-16,22H,8-9,12H2,1-3H3;1-4H2/t2*19-,20+;15-,16+;/m000./s1. The predicted molar refractivity (Wildman–Crippen MR) is 386 cm³/mol. The minimum absolute atomic E-state index is 0.0189. The molecule has 6 saturated heterocycles. The van der Waals surface area contributed by atoms with Crippen molar-refractivity contribution in [2.24, 2.45) is 35.5 Å². The molecular formula is C78H94ClN3O24. The van der Waals surface area contributed by atoms with Crippen LogP contribution in [0.3, 0.4) is 0 Å².